The normalized spacial score (nSPS) is 14.0. The second kappa shape index (κ2) is 13.7. The number of halogens is 5. The van der Waals surface area contributed by atoms with Crippen molar-refractivity contribution in [3.05, 3.63) is 66.1 Å². The van der Waals surface area contributed by atoms with Gasteiger partial charge in [-0.15, -0.1) is 0 Å². The Morgan fingerprint density at radius 1 is 1.12 bits per heavy atom. The van der Waals surface area contributed by atoms with Crippen LogP contribution in [0.2, 0.25) is 0 Å². The first-order chi connectivity index (χ1) is 20.1. The number of piperidine rings is 1. The third-order valence-electron chi connectivity index (χ3n) is 5.93. The maximum atomic E-state index is 14.5. The number of carbonyl (C=O) groups excluding carboxylic acids is 1. The molecule has 0 atom stereocenters. The van der Waals surface area contributed by atoms with E-state index in [1.54, 1.807) is 6.07 Å². The van der Waals surface area contributed by atoms with E-state index < -0.39 is 39.9 Å². The predicted octanol–water partition coefficient (Wildman–Crippen LogP) is 3.08. The largest absolute Gasteiger partial charge is 0.496 e. The highest BCUT2D eigenvalue weighted by molar-refractivity contribution is 7.87. The fraction of sp³-hybridized carbons (Fsp3) is 0.280. The summed E-state index contributed by atoms with van der Waals surface area (Å²) in [6.07, 6.45) is -1.61. The molecule has 1 saturated heterocycles. The molecular formula is C25H25F5N6O6S. The average Bonchev–Trinajstić information content (AvgIpc) is 2.92. The Balaban J connectivity index is 0.000000646. The first-order valence-corrected chi connectivity index (χ1v) is 13.7. The summed E-state index contributed by atoms with van der Waals surface area (Å²) in [6.45, 7) is 0.897. The molecule has 0 aliphatic carbocycles. The van der Waals surface area contributed by atoms with Crippen molar-refractivity contribution in [2.45, 2.75) is 25.1 Å². The molecule has 18 heteroatoms. The van der Waals surface area contributed by atoms with Gasteiger partial charge in [0.25, 0.3) is 16.1 Å². The minimum absolute atomic E-state index is 0.0598. The molecule has 1 fully saturated rings. The number of anilines is 2. The summed E-state index contributed by atoms with van der Waals surface area (Å²) in [5.74, 6) is -4.34. The molecule has 0 saturated carbocycles. The first-order valence-electron chi connectivity index (χ1n) is 12.2. The Kier molecular flexibility index (Phi) is 10.5. The van der Waals surface area contributed by atoms with Gasteiger partial charge >= 0.3 is 12.1 Å². The topological polar surface area (TPSA) is 177 Å². The zero-order chi connectivity index (χ0) is 31.9. The Bertz CT molecular complexity index is 1580. The number of carboxylic acid groups (broad SMARTS) is 1. The van der Waals surface area contributed by atoms with Crippen LogP contribution in [-0.2, 0) is 15.0 Å². The number of nitrogens with one attached hydrogen (secondary N) is 2. The standard InChI is InChI=1S/C23H24F2N6O4S.C2HF3O2/c1-35-21-4-2-3-16(25)22(21)18-12-27-13-19(28-18)23(32)29-17-11-14(24)5-6-20(17)31-9-7-15(8-10-31)30-36(26,33)34;3-2(4,5)1(6)7/h2-6,11-13,15,30H,7-10H2,1H3,(H,29,32)(H2,26,33,34);(H,6,7). The molecule has 232 valence electrons. The van der Waals surface area contributed by atoms with Crippen LogP contribution < -0.4 is 24.8 Å². The lowest BCUT2D eigenvalue weighted by atomic mass is 10.0. The van der Waals surface area contributed by atoms with Crippen LogP contribution in [0.25, 0.3) is 11.3 Å². The lowest BCUT2D eigenvalue weighted by Gasteiger charge is -2.34. The van der Waals surface area contributed by atoms with Crippen LogP contribution in [0.4, 0.5) is 33.3 Å². The van der Waals surface area contributed by atoms with Crippen molar-refractivity contribution in [2.75, 3.05) is 30.4 Å². The number of ether oxygens (including phenoxy) is 1. The number of aliphatic carboxylic acids is 1. The van der Waals surface area contributed by atoms with E-state index in [2.05, 4.69) is 20.0 Å². The highest BCUT2D eigenvalue weighted by Gasteiger charge is 2.38. The number of carbonyl (C=O) groups is 2. The summed E-state index contributed by atoms with van der Waals surface area (Å²) in [6, 6.07) is 7.96. The van der Waals surface area contributed by atoms with Gasteiger partial charge in [-0.1, -0.05) is 6.07 Å². The molecule has 1 aliphatic rings. The SMILES string of the molecule is COc1cccc(F)c1-c1cncc(C(=O)Nc2cc(F)ccc2N2CCC(NS(N)(=O)=O)CC2)n1.O=C(O)C(F)(F)F. The Morgan fingerprint density at radius 2 is 1.77 bits per heavy atom. The number of hydrogen-bond acceptors (Lipinski definition) is 8. The molecule has 3 aromatic rings. The smallest absolute Gasteiger partial charge is 0.490 e. The van der Waals surface area contributed by atoms with E-state index in [1.165, 1.54) is 49.8 Å². The average molecular weight is 633 g/mol. The molecule has 5 N–H and O–H groups in total. The molecule has 0 bridgehead atoms. The van der Waals surface area contributed by atoms with Gasteiger partial charge in [-0.3, -0.25) is 9.78 Å². The first kappa shape index (κ1) is 33.1. The molecule has 2 heterocycles. The van der Waals surface area contributed by atoms with E-state index in [0.717, 1.165) is 0 Å². The third kappa shape index (κ3) is 9.29. The monoisotopic (exact) mass is 632 g/mol. The molecular weight excluding hydrogens is 607 g/mol. The van der Waals surface area contributed by atoms with E-state index in [4.69, 9.17) is 19.8 Å². The van der Waals surface area contributed by atoms with Crippen molar-refractivity contribution in [1.29, 1.82) is 0 Å². The molecule has 2 aromatic carbocycles. The molecule has 43 heavy (non-hydrogen) atoms. The second-order valence-corrected chi connectivity index (χ2v) is 10.3. The van der Waals surface area contributed by atoms with Crippen LogP contribution in [0.15, 0.2) is 48.8 Å². The molecule has 1 amide bonds. The fourth-order valence-corrected chi connectivity index (χ4v) is 4.76. The summed E-state index contributed by atoms with van der Waals surface area (Å²) >= 11 is 0. The minimum Gasteiger partial charge on any atom is -0.496 e. The van der Waals surface area contributed by atoms with Crippen LogP contribution in [-0.4, -0.2) is 67.8 Å². The van der Waals surface area contributed by atoms with E-state index >= 15 is 0 Å². The number of nitrogens with zero attached hydrogens (tertiary/aromatic N) is 3. The maximum Gasteiger partial charge on any atom is 0.490 e. The number of aromatic nitrogens is 2. The summed E-state index contributed by atoms with van der Waals surface area (Å²) in [5.41, 5.74) is 0.808. The van der Waals surface area contributed by atoms with Crippen LogP contribution >= 0.6 is 0 Å². The van der Waals surface area contributed by atoms with Gasteiger partial charge in [0.15, 0.2) is 0 Å². The Morgan fingerprint density at radius 3 is 2.35 bits per heavy atom. The number of nitrogens with two attached hydrogens (primary N) is 1. The third-order valence-corrected chi connectivity index (χ3v) is 6.60. The second-order valence-electron chi connectivity index (χ2n) is 8.95. The molecule has 0 radical (unpaired) electrons. The lowest BCUT2D eigenvalue weighted by Crippen LogP contribution is -2.46. The van der Waals surface area contributed by atoms with Gasteiger partial charge in [-0.2, -0.15) is 26.3 Å². The fourth-order valence-electron chi connectivity index (χ4n) is 4.06. The van der Waals surface area contributed by atoms with Gasteiger partial charge in [-0.05, 0) is 43.2 Å². The zero-order valence-electron chi connectivity index (χ0n) is 22.2. The molecule has 12 nitrogen and oxygen atoms in total. The van der Waals surface area contributed by atoms with Crippen LogP contribution in [0.1, 0.15) is 23.3 Å². The van der Waals surface area contributed by atoms with Crippen molar-refractivity contribution in [3.8, 4) is 17.0 Å². The van der Waals surface area contributed by atoms with Crippen molar-refractivity contribution in [1.82, 2.24) is 14.7 Å². The Labute approximate surface area is 241 Å². The van der Waals surface area contributed by atoms with E-state index in [1.807, 2.05) is 4.90 Å². The number of methoxy groups -OCH3 is 1. The van der Waals surface area contributed by atoms with Gasteiger partial charge in [-0.25, -0.2) is 23.7 Å². The van der Waals surface area contributed by atoms with Crippen LogP contribution in [0, 0.1) is 11.6 Å². The highest BCUT2D eigenvalue weighted by Crippen LogP contribution is 2.32. The van der Waals surface area contributed by atoms with Crippen LogP contribution in [0.3, 0.4) is 0 Å². The zero-order valence-corrected chi connectivity index (χ0v) is 23.0. The summed E-state index contributed by atoms with van der Waals surface area (Å²) in [5, 5.41) is 14.8. The van der Waals surface area contributed by atoms with E-state index in [-0.39, 0.29) is 34.4 Å². The molecule has 1 aromatic heterocycles. The number of carboxylic acids is 1. The number of rotatable bonds is 7. The van der Waals surface area contributed by atoms with Crippen molar-refractivity contribution in [2.24, 2.45) is 5.14 Å². The van der Waals surface area contributed by atoms with Gasteiger partial charge in [0.1, 0.15) is 23.1 Å². The van der Waals surface area contributed by atoms with E-state index in [9.17, 15) is 35.2 Å². The van der Waals surface area contributed by atoms with Gasteiger partial charge < -0.3 is 20.1 Å². The lowest BCUT2D eigenvalue weighted by molar-refractivity contribution is -0.192. The Hall–Kier alpha value is -4.42. The summed E-state index contributed by atoms with van der Waals surface area (Å²) in [7, 11) is -2.43. The predicted molar refractivity (Wildman–Crippen MR) is 143 cm³/mol. The van der Waals surface area contributed by atoms with Crippen molar-refractivity contribution >= 4 is 33.5 Å². The summed E-state index contributed by atoms with van der Waals surface area (Å²) in [4.78, 5) is 32.1. The molecule has 0 unspecified atom stereocenters. The van der Waals surface area contributed by atoms with Crippen molar-refractivity contribution in [3.63, 3.8) is 0 Å². The molecule has 1 aliphatic heterocycles. The number of alkyl halides is 3. The summed E-state index contributed by atoms with van der Waals surface area (Å²) < 4.78 is 90.5. The number of amides is 1. The van der Waals surface area contributed by atoms with E-state index in [0.29, 0.717) is 31.6 Å². The van der Waals surface area contributed by atoms with Crippen LogP contribution in [0.5, 0.6) is 5.75 Å². The molecule has 4 rings (SSSR count). The minimum atomic E-state index is -5.08. The van der Waals surface area contributed by atoms with Crippen molar-refractivity contribution < 1.29 is 49.8 Å². The number of hydrogen-bond donors (Lipinski definition) is 4. The van der Waals surface area contributed by atoms with Gasteiger partial charge in [0.2, 0.25) is 0 Å². The van der Waals surface area contributed by atoms with Gasteiger partial charge in [0.05, 0.1) is 42.1 Å². The van der Waals surface area contributed by atoms with Gasteiger partial charge in [0, 0.05) is 19.1 Å². The number of benzene rings is 2. The quantitative estimate of drug-likeness (QED) is 0.285. The molecule has 0 spiro atoms. The highest BCUT2D eigenvalue weighted by atomic mass is 32.2. The maximum absolute atomic E-state index is 14.5.